The third kappa shape index (κ3) is 3.12. The first-order chi connectivity index (χ1) is 8.97. The lowest BCUT2D eigenvalue weighted by Gasteiger charge is -2.10. The molecule has 0 bridgehead atoms. The highest BCUT2D eigenvalue weighted by Crippen LogP contribution is 2.31. The monoisotopic (exact) mass is 320 g/mol. The van der Waals surface area contributed by atoms with Gasteiger partial charge in [0.2, 0.25) is 5.88 Å². The van der Waals surface area contributed by atoms with Gasteiger partial charge in [0.25, 0.3) is 0 Å². The van der Waals surface area contributed by atoms with Crippen LogP contribution in [0.3, 0.4) is 0 Å². The molecule has 0 atom stereocenters. The number of carbonyl (C=O) groups excluding carboxylic acids is 1. The van der Waals surface area contributed by atoms with Gasteiger partial charge in [0.15, 0.2) is 5.78 Å². The Bertz CT molecular complexity index is 641. The van der Waals surface area contributed by atoms with Crippen molar-refractivity contribution in [1.82, 2.24) is 4.98 Å². The first kappa shape index (κ1) is 13.5. The van der Waals surface area contributed by atoms with Crippen LogP contribution in [0.2, 0.25) is 0 Å². The molecule has 4 nitrogen and oxygen atoms in total. The molecule has 19 heavy (non-hydrogen) atoms. The Morgan fingerprint density at radius 3 is 2.74 bits per heavy atom. The van der Waals surface area contributed by atoms with Gasteiger partial charge in [-0.3, -0.25) is 4.79 Å². The molecule has 0 spiro atoms. The van der Waals surface area contributed by atoms with E-state index in [1.165, 1.54) is 6.92 Å². The molecular formula is C14H13BrN2O2. The third-order valence-electron chi connectivity index (χ3n) is 2.53. The van der Waals surface area contributed by atoms with E-state index < -0.39 is 0 Å². The van der Waals surface area contributed by atoms with Crippen LogP contribution >= 0.6 is 15.9 Å². The van der Waals surface area contributed by atoms with Gasteiger partial charge in [0.05, 0.1) is 10.0 Å². The van der Waals surface area contributed by atoms with E-state index in [1.54, 1.807) is 24.4 Å². The second kappa shape index (κ2) is 5.40. The summed E-state index contributed by atoms with van der Waals surface area (Å²) in [4.78, 5) is 15.8. The summed E-state index contributed by atoms with van der Waals surface area (Å²) in [5.41, 5.74) is 7.65. The largest absolute Gasteiger partial charge is 0.437 e. The zero-order valence-corrected chi connectivity index (χ0v) is 12.2. The highest BCUT2D eigenvalue weighted by molar-refractivity contribution is 9.10. The smallest absolute Gasteiger partial charge is 0.233 e. The van der Waals surface area contributed by atoms with Crippen molar-refractivity contribution in [2.24, 2.45) is 0 Å². The number of aryl methyl sites for hydroxylation is 1. The average Bonchev–Trinajstić information content (AvgIpc) is 2.34. The topological polar surface area (TPSA) is 65.2 Å². The number of hydrogen-bond acceptors (Lipinski definition) is 4. The molecule has 0 fully saturated rings. The Morgan fingerprint density at radius 2 is 2.11 bits per heavy atom. The Morgan fingerprint density at radius 1 is 1.37 bits per heavy atom. The Hall–Kier alpha value is -1.88. The highest BCUT2D eigenvalue weighted by Gasteiger charge is 2.12. The van der Waals surface area contributed by atoms with Gasteiger partial charge in [0.1, 0.15) is 5.75 Å². The highest BCUT2D eigenvalue weighted by atomic mass is 79.9. The molecule has 5 heteroatoms. The van der Waals surface area contributed by atoms with Crippen molar-refractivity contribution in [3.63, 3.8) is 0 Å². The average molecular weight is 321 g/mol. The van der Waals surface area contributed by atoms with Crippen molar-refractivity contribution >= 4 is 27.4 Å². The number of rotatable bonds is 3. The number of nitrogens with two attached hydrogens (primary N) is 1. The van der Waals surface area contributed by atoms with E-state index >= 15 is 0 Å². The summed E-state index contributed by atoms with van der Waals surface area (Å²) in [5, 5.41) is 0. The van der Waals surface area contributed by atoms with Crippen LogP contribution in [0, 0.1) is 6.92 Å². The standard InChI is InChI=1S/C14H13BrN2O2/c1-8-5-12(15)14(17-7-8)19-13-4-3-10(16)6-11(13)9(2)18/h3-7H,16H2,1-2H3. The van der Waals surface area contributed by atoms with Gasteiger partial charge in [0, 0.05) is 11.9 Å². The fourth-order valence-electron chi connectivity index (χ4n) is 1.61. The van der Waals surface area contributed by atoms with Crippen LogP contribution in [0.4, 0.5) is 5.69 Å². The molecule has 0 saturated heterocycles. The third-order valence-corrected chi connectivity index (χ3v) is 3.10. The van der Waals surface area contributed by atoms with Crippen LogP contribution in [0.5, 0.6) is 11.6 Å². The number of ketones is 1. The van der Waals surface area contributed by atoms with Crippen LogP contribution in [-0.2, 0) is 0 Å². The van der Waals surface area contributed by atoms with Gasteiger partial charge in [-0.1, -0.05) is 0 Å². The molecule has 0 aliphatic heterocycles. The van der Waals surface area contributed by atoms with Gasteiger partial charge >= 0.3 is 0 Å². The summed E-state index contributed by atoms with van der Waals surface area (Å²) in [5.74, 6) is 0.752. The van der Waals surface area contributed by atoms with E-state index in [1.807, 2.05) is 13.0 Å². The minimum Gasteiger partial charge on any atom is -0.437 e. The van der Waals surface area contributed by atoms with Gasteiger partial charge in [-0.05, 0) is 59.6 Å². The fraction of sp³-hybridized carbons (Fsp3) is 0.143. The van der Waals surface area contributed by atoms with E-state index in [0.29, 0.717) is 22.9 Å². The number of nitrogens with zero attached hydrogens (tertiary/aromatic N) is 1. The fourth-order valence-corrected chi connectivity index (χ4v) is 2.16. The Kier molecular flexibility index (Phi) is 3.85. The molecule has 2 N–H and O–H groups in total. The summed E-state index contributed by atoms with van der Waals surface area (Å²) in [6.45, 7) is 3.41. The molecule has 0 aliphatic carbocycles. The minimum absolute atomic E-state index is 0.106. The predicted molar refractivity (Wildman–Crippen MR) is 77.6 cm³/mol. The van der Waals surface area contributed by atoms with Crippen molar-refractivity contribution in [3.8, 4) is 11.6 Å². The van der Waals surface area contributed by atoms with Gasteiger partial charge in [-0.25, -0.2) is 4.98 Å². The Balaban J connectivity index is 2.40. The summed E-state index contributed by atoms with van der Waals surface area (Å²) < 4.78 is 6.41. The number of anilines is 1. The minimum atomic E-state index is -0.106. The molecule has 98 valence electrons. The first-order valence-electron chi connectivity index (χ1n) is 5.68. The van der Waals surface area contributed by atoms with E-state index in [9.17, 15) is 4.79 Å². The van der Waals surface area contributed by atoms with E-state index in [0.717, 1.165) is 10.0 Å². The molecule has 0 radical (unpaired) electrons. The molecule has 1 aromatic carbocycles. The number of Topliss-reactive ketones (excluding diaryl/α,β-unsaturated/α-hetero) is 1. The summed E-state index contributed by atoms with van der Waals surface area (Å²) in [6, 6.07) is 6.84. The molecule has 0 aliphatic rings. The first-order valence-corrected chi connectivity index (χ1v) is 6.47. The summed E-state index contributed by atoms with van der Waals surface area (Å²) in [7, 11) is 0. The second-order valence-electron chi connectivity index (χ2n) is 4.21. The van der Waals surface area contributed by atoms with Crippen LogP contribution < -0.4 is 10.5 Å². The summed E-state index contributed by atoms with van der Waals surface area (Å²) in [6.07, 6.45) is 1.70. The molecule has 0 unspecified atom stereocenters. The number of nitrogen functional groups attached to an aromatic ring is 1. The lowest BCUT2D eigenvalue weighted by Crippen LogP contribution is -2.00. The summed E-state index contributed by atoms with van der Waals surface area (Å²) >= 11 is 3.38. The van der Waals surface area contributed by atoms with Crippen molar-refractivity contribution in [1.29, 1.82) is 0 Å². The van der Waals surface area contributed by atoms with E-state index in [-0.39, 0.29) is 5.78 Å². The Labute approximate surface area is 119 Å². The number of carbonyl (C=O) groups is 1. The van der Waals surface area contributed by atoms with Crippen LogP contribution in [-0.4, -0.2) is 10.8 Å². The maximum atomic E-state index is 11.6. The maximum Gasteiger partial charge on any atom is 0.233 e. The van der Waals surface area contributed by atoms with Gasteiger partial charge in [-0.15, -0.1) is 0 Å². The SMILES string of the molecule is CC(=O)c1cc(N)ccc1Oc1ncc(C)cc1Br. The quantitative estimate of drug-likeness (QED) is 0.691. The molecular weight excluding hydrogens is 308 g/mol. The van der Waals surface area contributed by atoms with Gasteiger partial charge < -0.3 is 10.5 Å². The second-order valence-corrected chi connectivity index (χ2v) is 5.07. The molecule has 2 aromatic rings. The van der Waals surface area contributed by atoms with Crippen molar-refractivity contribution < 1.29 is 9.53 Å². The number of aromatic nitrogens is 1. The number of hydrogen-bond donors (Lipinski definition) is 1. The van der Waals surface area contributed by atoms with Crippen LogP contribution in [0.1, 0.15) is 22.8 Å². The van der Waals surface area contributed by atoms with E-state index in [2.05, 4.69) is 20.9 Å². The van der Waals surface area contributed by atoms with Crippen LogP contribution in [0.25, 0.3) is 0 Å². The van der Waals surface area contributed by atoms with Crippen molar-refractivity contribution in [2.45, 2.75) is 13.8 Å². The number of halogens is 1. The zero-order valence-electron chi connectivity index (χ0n) is 10.6. The maximum absolute atomic E-state index is 11.6. The lowest BCUT2D eigenvalue weighted by molar-refractivity contribution is 0.101. The van der Waals surface area contributed by atoms with E-state index in [4.69, 9.17) is 10.5 Å². The zero-order chi connectivity index (χ0) is 14.0. The molecule has 1 aromatic heterocycles. The number of benzene rings is 1. The molecule has 1 heterocycles. The molecule has 0 amide bonds. The molecule has 2 rings (SSSR count). The predicted octanol–water partition coefficient (Wildman–Crippen LogP) is 3.73. The van der Waals surface area contributed by atoms with Crippen molar-refractivity contribution in [3.05, 3.63) is 46.1 Å². The van der Waals surface area contributed by atoms with Crippen molar-refractivity contribution in [2.75, 3.05) is 5.73 Å². The van der Waals surface area contributed by atoms with Gasteiger partial charge in [-0.2, -0.15) is 0 Å². The number of ether oxygens (including phenoxy) is 1. The normalized spacial score (nSPS) is 10.3. The molecule has 0 saturated carbocycles. The number of pyridine rings is 1. The lowest BCUT2D eigenvalue weighted by atomic mass is 10.1. The van der Waals surface area contributed by atoms with Crippen LogP contribution in [0.15, 0.2) is 34.9 Å².